The number of carbonyl (C=O) groups excluding carboxylic acids is 1. The standard InChI is InChI=1S/C15H14O5/c1-19-14(18)20-15(13(16)17)9-7-12(8-10-15)11-5-3-2-4-6-11/h2-10,12H,1H3,(H,16,17). The molecule has 0 fully saturated rings. The molecular formula is C15H14O5. The SMILES string of the molecule is COC(=O)OC1(C(=O)O)C=CC(c2ccccc2)C=C1. The predicted octanol–water partition coefficient (Wildman–Crippen LogP) is 2.50. The fourth-order valence-corrected chi connectivity index (χ4v) is 1.94. The van der Waals surface area contributed by atoms with E-state index >= 15 is 0 Å². The smallest absolute Gasteiger partial charge is 0.478 e. The van der Waals surface area contributed by atoms with Gasteiger partial charge in [0, 0.05) is 5.92 Å². The minimum Gasteiger partial charge on any atom is -0.478 e. The topological polar surface area (TPSA) is 72.8 Å². The summed E-state index contributed by atoms with van der Waals surface area (Å²) in [5, 5.41) is 9.25. The Morgan fingerprint density at radius 2 is 1.75 bits per heavy atom. The molecule has 2 rings (SSSR count). The number of carboxylic acids is 1. The lowest BCUT2D eigenvalue weighted by Crippen LogP contribution is -2.40. The molecule has 1 N–H and O–H groups in total. The van der Waals surface area contributed by atoms with E-state index in [0.29, 0.717) is 0 Å². The first-order valence-electron chi connectivity index (χ1n) is 6.01. The second kappa shape index (κ2) is 5.61. The van der Waals surface area contributed by atoms with Gasteiger partial charge in [-0.2, -0.15) is 0 Å². The van der Waals surface area contributed by atoms with Crippen LogP contribution in [0, 0.1) is 0 Å². The average molecular weight is 274 g/mol. The summed E-state index contributed by atoms with van der Waals surface area (Å²) in [5.74, 6) is -1.33. The third-order valence-corrected chi connectivity index (χ3v) is 3.04. The van der Waals surface area contributed by atoms with Crippen molar-refractivity contribution in [1.82, 2.24) is 0 Å². The zero-order chi connectivity index (χ0) is 14.6. The van der Waals surface area contributed by atoms with Crippen LogP contribution in [0.15, 0.2) is 54.6 Å². The van der Waals surface area contributed by atoms with Gasteiger partial charge in [0.2, 0.25) is 5.60 Å². The number of aliphatic carboxylic acids is 1. The molecular weight excluding hydrogens is 260 g/mol. The van der Waals surface area contributed by atoms with E-state index in [4.69, 9.17) is 4.74 Å². The number of ether oxygens (including phenoxy) is 2. The van der Waals surface area contributed by atoms with E-state index in [0.717, 1.165) is 12.7 Å². The first-order chi connectivity index (χ1) is 9.57. The largest absolute Gasteiger partial charge is 0.509 e. The van der Waals surface area contributed by atoms with Crippen LogP contribution >= 0.6 is 0 Å². The van der Waals surface area contributed by atoms with Crippen LogP contribution in [-0.2, 0) is 14.3 Å². The van der Waals surface area contributed by atoms with Crippen molar-refractivity contribution in [1.29, 1.82) is 0 Å². The number of methoxy groups -OCH3 is 1. The third-order valence-electron chi connectivity index (χ3n) is 3.04. The quantitative estimate of drug-likeness (QED) is 0.677. The summed E-state index contributed by atoms with van der Waals surface area (Å²) >= 11 is 0. The van der Waals surface area contributed by atoms with E-state index in [-0.39, 0.29) is 5.92 Å². The Kier molecular flexibility index (Phi) is 3.89. The fraction of sp³-hybridized carbons (Fsp3) is 0.200. The maximum Gasteiger partial charge on any atom is 0.509 e. The van der Waals surface area contributed by atoms with Gasteiger partial charge in [0.25, 0.3) is 0 Å². The molecule has 1 aromatic rings. The molecule has 0 aliphatic heterocycles. The summed E-state index contributed by atoms with van der Waals surface area (Å²) in [7, 11) is 1.13. The van der Waals surface area contributed by atoms with Gasteiger partial charge < -0.3 is 14.6 Å². The summed E-state index contributed by atoms with van der Waals surface area (Å²) in [4.78, 5) is 22.5. The summed E-state index contributed by atoms with van der Waals surface area (Å²) in [6, 6.07) is 9.59. The van der Waals surface area contributed by atoms with Crippen molar-refractivity contribution in [2.75, 3.05) is 7.11 Å². The van der Waals surface area contributed by atoms with Crippen LogP contribution in [0.1, 0.15) is 11.5 Å². The van der Waals surface area contributed by atoms with Crippen LogP contribution in [0.25, 0.3) is 0 Å². The second-order valence-corrected chi connectivity index (χ2v) is 4.31. The van der Waals surface area contributed by atoms with Gasteiger partial charge in [0.05, 0.1) is 7.11 Å². The number of hydrogen-bond donors (Lipinski definition) is 1. The van der Waals surface area contributed by atoms with Crippen LogP contribution in [0.5, 0.6) is 0 Å². The average Bonchev–Trinajstić information content (AvgIpc) is 2.48. The molecule has 0 aromatic heterocycles. The maximum absolute atomic E-state index is 11.3. The van der Waals surface area contributed by atoms with Crippen molar-refractivity contribution in [2.45, 2.75) is 11.5 Å². The molecule has 0 radical (unpaired) electrons. The maximum atomic E-state index is 11.3. The van der Waals surface area contributed by atoms with Gasteiger partial charge in [0.1, 0.15) is 0 Å². The van der Waals surface area contributed by atoms with E-state index in [1.54, 1.807) is 12.2 Å². The lowest BCUT2D eigenvalue weighted by molar-refractivity contribution is -0.151. The highest BCUT2D eigenvalue weighted by Gasteiger charge is 2.40. The van der Waals surface area contributed by atoms with E-state index in [1.165, 1.54) is 12.2 Å². The highest BCUT2D eigenvalue weighted by molar-refractivity contribution is 5.86. The Bertz CT molecular complexity index is 545. The van der Waals surface area contributed by atoms with Crippen LogP contribution in [0.2, 0.25) is 0 Å². The number of benzene rings is 1. The molecule has 0 saturated heterocycles. The van der Waals surface area contributed by atoms with Crippen molar-refractivity contribution in [3.05, 3.63) is 60.2 Å². The van der Waals surface area contributed by atoms with Crippen LogP contribution < -0.4 is 0 Å². The van der Waals surface area contributed by atoms with Gasteiger partial charge in [-0.1, -0.05) is 42.5 Å². The van der Waals surface area contributed by atoms with Crippen molar-refractivity contribution in [3.63, 3.8) is 0 Å². The van der Waals surface area contributed by atoms with Crippen molar-refractivity contribution in [3.8, 4) is 0 Å². The molecule has 5 nitrogen and oxygen atoms in total. The Morgan fingerprint density at radius 3 is 2.25 bits per heavy atom. The molecule has 0 amide bonds. The molecule has 0 bridgehead atoms. The second-order valence-electron chi connectivity index (χ2n) is 4.31. The number of carbonyl (C=O) groups is 2. The minimum atomic E-state index is -1.81. The number of carboxylic acid groups (broad SMARTS) is 1. The molecule has 0 saturated carbocycles. The number of hydrogen-bond acceptors (Lipinski definition) is 4. The van der Waals surface area contributed by atoms with Crippen LogP contribution in [0.4, 0.5) is 4.79 Å². The molecule has 104 valence electrons. The Hall–Kier alpha value is -2.56. The Labute approximate surface area is 116 Å². The lowest BCUT2D eigenvalue weighted by Gasteiger charge is -2.26. The van der Waals surface area contributed by atoms with Crippen molar-refractivity contribution in [2.24, 2.45) is 0 Å². The monoisotopic (exact) mass is 274 g/mol. The first-order valence-corrected chi connectivity index (χ1v) is 6.01. The van der Waals surface area contributed by atoms with E-state index in [2.05, 4.69) is 4.74 Å². The molecule has 0 unspecified atom stereocenters. The molecule has 1 aliphatic carbocycles. The molecule has 0 atom stereocenters. The summed E-state index contributed by atoms with van der Waals surface area (Å²) < 4.78 is 9.19. The van der Waals surface area contributed by atoms with Gasteiger partial charge in [-0.15, -0.1) is 0 Å². The van der Waals surface area contributed by atoms with Gasteiger partial charge in [-0.25, -0.2) is 9.59 Å². The van der Waals surface area contributed by atoms with Crippen molar-refractivity contribution >= 4 is 12.1 Å². The number of rotatable bonds is 3. The normalized spacial score (nSPS) is 24.1. The summed E-state index contributed by atoms with van der Waals surface area (Å²) in [6.07, 6.45) is 5.03. The van der Waals surface area contributed by atoms with Gasteiger partial charge in [-0.3, -0.25) is 0 Å². The zero-order valence-electron chi connectivity index (χ0n) is 10.9. The molecule has 20 heavy (non-hydrogen) atoms. The third kappa shape index (κ3) is 2.71. The van der Waals surface area contributed by atoms with Gasteiger partial charge in [0.15, 0.2) is 0 Å². The van der Waals surface area contributed by atoms with Crippen LogP contribution in [0.3, 0.4) is 0 Å². The Balaban J connectivity index is 2.23. The predicted molar refractivity (Wildman–Crippen MR) is 71.3 cm³/mol. The van der Waals surface area contributed by atoms with Gasteiger partial charge in [-0.05, 0) is 17.7 Å². The molecule has 1 aliphatic rings. The van der Waals surface area contributed by atoms with Crippen LogP contribution in [-0.4, -0.2) is 29.9 Å². The molecule has 5 heteroatoms. The highest BCUT2D eigenvalue weighted by atomic mass is 16.7. The van der Waals surface area contributed by atoms with E-state index < -0.39 is 17.7 Å². The highest BCUT2D eigenvalue weighted by Crippen LogP contribution is 2.29. The summed E-state index contributed by atoms with van der Waals surface area (Å²) in [5.41, 5.74) is -0.782. The Morgan fingerprint density at radius 1 is 1.15 bits per heavy atom. The van der Waals surface area contributed by atoms with E-state index in [9.17, 15) is 14.7 Å². The zero-order valence-corrected chi connectivity index (χ0v) is 10.9. The molecule has 0 heterocycles. The minimum absolute atomic E-state index is 0.0510. The first kappa shape index (κ1) is 13.9. The van der Waals surface area contributed by atoms with Crippen molar-refractivity contribution < 1.29 is 24.2 Å². The molecule has 1 aromatic carbocycles. The number of allylic oxidation sites excluding steroid dienone is 2. The fourth-order valence-electron chi connectivity index (χ4n) is 1.94. The summed E-state index contributed by atoms with van der Waals surface area (Å²) in [6.45, 7) is 0. The van der Waals surface area contributed by atoms with E-state index in [1.807, 2.05) is 30.3 Å². The lowest BCUT2D eigenvalue weighted by atomic mass is 9.88. The molecule has 0 spiro atoms. The van der Waals surface area contributed by atoms with Gasteiger partial charge >= 0.3 is 12.1 Å².